The van der Waals surface area contributed by atoms with Crippen LogP contribution in [0.1, 0.15) is 6.92 Å². The zero-order valence-electron chi connectivity index (χ0n) is 15.0. The summed E-state index contributed by atoms with van der Waals surface area (Å²) in [6.07, 6.45) is 5.56. The molecule has 2 aromatic heterocycles. The van der Waals surface area contributed by atoms with Gasteiger partial charge in [0.2, 0.25) is 11.7 Å². The van der Waals surface area contributed by atoms with Crippen LogP contribution in [-0.2, 0) is 4.79 Å². The Morgan fingerprint density at radius 1 is 1.14 bits per heavy atom. The molecule has 0 fully saturated rings. The number of halogens is 1. The topological polar surface area (TPSA) is 59.3 Å². The molecule has 0 spiro atoms. The second kappa shape index (κ2) is 8.04. The van der Waals surface area contributed by atoms with Crippen molar-refractivity contribution in [2.45, 2.75) is 17.1 Å². The van der Waals surface area contributed by atoms with E-state index in [1.165, 1.54) is 11.8 Å². The molecule has 1 amide bonds. The largest absolute Gasteiger partial charge is 0.325 e. The highest BCUT2D eigenvalue weighted by molar-refractivity contribution is 8.00. The van der Waals surface area contributed by atoms with Gasteiger partial charge in [-0.25, -0.2) is 9.97 Å². The first kappa shape index (κ1) is 18.5. The zero-order valence-corrected chi connectivity index (χ0v) is 16.6. The van der Waals surface area contributed by atoms with E-state index in [0.29, 0.717) is 10.8 Å². The molecule has 0 aliphatic rings. The Bertz CT molecular complexity index is 1080. The van der Waals surface area contributed by atoms with Crippen LogP contribution in [0.15, 0.2) is 78.1 Å². The van der Waals surface area contributed by atoms with Crippen LogP contribution >= 0.6 is 23.4 Å². The number of anilines is 1. The summed E-state index contributed by atoms with van der Waals surface area (Å²) in [6.45, 7) is 1.88. The number of fused-ring (bicyclic) bond motifs is 1. The van der Waals surface area contributed by atoms with Gasteiger partial charge in [-0.15, -0.1) is 11.8 Å². The smallest absolute Gasteiger partial charge is 0.237 e. The highest BCUT2D eigenvalue weighted by Crippen LogP contribution is 2.26. The highest BCUT2D eigenvalue weighted by atomic mass is 35.5. The van der Waals surface area contributed by atoms with Gasteiger partial charge in [-0.3, -0.25) is 9.20 Å². The molecule has 0 aliphatic carbocycles. The summed E-state index contributed by atoms with van der Waals surface area (Å²) in [5, 5.41) is 3.41. The Hall–Kier alpha value is -2.83. The quantitative estimate of drug-likeness (QED) is 0.463. The number of benzene rings is 2. The van der Waals surface area contributed by atoms with E-state index in [1.807, 2.05) is 78.3 Å². The minimum atomic E-state index is -0.231. The van der Waals surface area contributed by atoms with Gasteiger partial charge in [-0.1, -0.05) is 23.7 Å². The number of imidazole rings is 1. The van der Waals surface area contributed by atoms with Crippen LogP contribution in [0.3, 0.4) is 0 Å². The Labute approximate surface area is 171 Å². The van der Waals surface area contributed by atoms with Crippen LogP contribution in [-0.4, -0.2) is 25.5 Å². The number of carbonyl (C=O) groups is 1. The third kappa shape index (κ3) is 4.18. The summed E-state index contributed by atoms with van der Waals surface area (Å²) in [5.74, 6) is 0.604. The predicted molar refractivity (Wildman–Crippen MR) is 114 cm³/mol. The minimum absolute atomic E-state index is 0.0513. The number of aromatic nitrogens is 3. The molecule has 4 aromatic rings. The van der Waals surface area contributed by atoms with Crippen LogP contribution in [0.4, 0.5) is 5.69 Å². The van der Waals surface area contributed by atoms with Crippen molar-refractivity contribution in [1.82, 2.24) is 14.4 Å². The van der Waals surface area contributed by atoms with Gasteiger partial charge in [-0.05, 0) is 49.4 Å². The summed E-state index contributed by atoms with van der Waals surface area (Å²) in [4.78, 5) is 22.2. The zero-order chi connectivity index (χ0) is 19.5. The molecular weight excluding hydrogens is 392 g/mol. The Kier molecular flexibility index (Phi) is 5.32. The molecule has 140 valence electrons. The van der Waals surface area contributed by atoms with Crippen LogP contribution in [0.25, 0.3) is 17.0 Å². The lowest BCUT2D eigenvalue weighted by atomic mass is 10.1. The van der Waals surface area contributed by atoms with Gasteiger partial charge in [0.25, 0.3) is 0 Å². The number of hydrogen-bond acceptors (Lipinski definition) is 4. The van der Waals surface area contributed by atoms with Gasteiger partial charge in [0.15, 0.2) is 0 Å². The Morgan fingerprint density at radius 3 is 2.61 bits per heavy atom. The van der Waals surface area contributed by atoms with Gasteiger partial charge in [-0.2, -0.15) is 0 Å². The first-order valence-corrected chi connectivity index (χ1v) is 9.97. The first-order valence-electron chi connectivity index (χ1n) is 8.72. The number of rotatable bonds is 5. The van der Waals surface area contributed by atoms with Gasteiger partial charge < -0.3 is 5.32 Å². The van der Waals surface area contributed by atoms with Crippen molar-refractivity contribution < 1.29 is 4.79 Å². The SMILES string of the molecule is CC(Sc1ccc(Cl)cc1)C(=O)Nc1ccc(-c2cn3cccnc3n2)cc1. The third-order valence-corrected chi connectivity index (χ3v) is 5.54. The van der Waals surface area contributed by atoms with Crippen LogP contribution in [0, 0.1) is 0 Å². The van der Waals surface area contributed by atoms with E-state index in [2.05, 4.69) is 15.3 Å². The van der Waals surface area contributed by atoms with E-state index in [1.54, 1.807) is 6.20 Å². The molecule has 5 nitrogen and oxygen atoms in total. The number of thioether (sulfide) groups is 1. The molecule has 1 atom stereocenters. The molecule has 0 radical (unpaired) electrons. The van der Waals surface area contributed by atoms with Crippen LogP contribution < -0.4 is 5.32 Å². The Morgan fingerprint density at radius 2 is 1.89 bits per heavy atom. The number of nitrogens with zero attached hydrogens (tertiary/aromatic N) is 3. The minimum Gasteiger partial charge on any atom is -0.325 e. The van der Waals surface area contributed by atoms with Crippen molar-refractivity contribution in [2.24, 2.45) is 0 Å². The maximum atomic E-state index is 12.5. The average Bonchev–Trinajstić information content (AvgIpc) is 3.14. The fraction of sp³-hybridized carbons (Fsp3) is 0.0952. The predicted octanol–water partition coefficient (Wildman–Crippen LogP) is 5.17. The van der Waals surface area contributed by atoms with Gasteiger partial charge in [0.1, 0.15) is 0 Å². The standard InChI is InChI=1S/C21H17ClN4OS/c1-14(28-18-9-5-16(22)6-10-18)20(27)24-17-7-3-15(4-8-17)19-13-26-12-2-11-23-21(26)25-19/h2-14H,1H3,(H,24,27). The molecule has 4 rings (SSSR count). The highest BCUT2D eigenvalue weighted by Gasteiger charge is 2.15. The number of carbonyl (C=O) groups excluding carboxylic acids is 1. The van der Waals surface area contributed by atoms with Crippen molar-refractivity contribution in [2.75, 3.05) is 5.32 Å². The molecule has 0 saturated carbocycles. The molecular formula is C21H17ClN4OS. The summed E-state index contributed by atoms with van der Waals surface area (Å²) in [7, 11) is 0. The van der Waals surface area contributed by atoms with Gasteiger partial charge in [0.05, 0.1) is 10.9 Å². The van der Waals surface area contributed by atoms with Gasteiger partial charge in [0, 0.05) is 39.8 Å². The Balaban J connectivity index is 1.42. The van der Waals surface area contributed by atoms with Gasteiger partial charge >= 0.3 is 0 Å². The first-order chi connectivity index (χ1) is 13.6. The van der Waals surface area contributed by atoms with E-state index >= 15 is 0 Å². The summed E-state index contributed by atoms with van der Waals surface area (Å²) in [5.41, 5.74) is 2.55. The molecule has 2 aromatic carbocycles. The second-order valence-corrected chi connectivity index (χ2v) is 8.08. The molecule has 2 heterocycles. The molecule has 0 aliphatic heterocycles. The van der Waals surface area contributed by atoms with E-state index in [9.17, 15) is 4.79 Å². The van der Waals surface area contributed by atoms with Crippen molar-refractivity contribution >= 4 is 40.7 Å². The second-order valence-electron chi connectivity index (χ2n) is 6.23. The summed E-state index contributed by atoms with van der Waals surface area (Å²) >= 11 is 7.39. The van der Waals surface area contributed by atoms with E-state index in [0.717, 1.165) is 21.8 Å². The normalized spacial score (nSPS) is 12.1. The number of hydrogen-bond donors (Lipinski definition) is 1. The number of nitrogens with one attached hydrogen (secondary N) is 1. The maximum Gasteiger partial charge on any atom is 0.237 e. The number of amides is 1. The van der Waals surface area contributed by atoms with Crippen molar-refractivity contribution in [3.63, 3.8) is 0 Å². The van der Waals surface area contributed by atoms with Crippen molar-refractivity contribution in [3.05, 3.63) is 78.2 Å². The fourth-order valence-corrected chi connectivity index (χ4v) is 3.70. The molecule has 0 bridgehead atoms. The van der Waals surface area contributed by atoms with E-state index < -0.39 is 0 Å². The van der Waals surface area contributed by atoms with Crippen molar-refractivity contribution in [1.29, 1.82) is 0 Å². The maximum absolute atomic E-state index is 12.5. The molecule has 0 saturated heterocycles. The molecule has 7 heteroatoms. The lowest BCUT2D eigenvalue weighted by Crippen LogP contribution is -2.22. The average molecular weight is 409 g/mol. The summed E-state index contributed by atoms with van der Waals surface area (Å²) < 4.78 is 1.88. The third-order valence-electron chi connectivity index (χ3n) is 4.18. The summed E-state index contributed by atoms with van der Waals surface area (Å²) in [6, 6.07) is 17.0. The van der Waals surface area contributed by atoms with E-state index in [-0.39, 0.29) is 11.2 Å². The molecule has 1 N–H and O–H groups in total. The molecule has 1 unspecified atom stereocenters. The molecule has 28 heavy (non-hydrogen) atoms. The monoisotopic (exact) mass is 408 g/mol. The lowest BCUT2D eigenvalue weighted by Gasteiger charge is -2.12. The fourth-order valence-electron chi connectivity index (χ4n) is 2.71. The lowest BCUT2D eigenvalue weighted by molar-refractivity contribution is -0.115. The van der Waals surface area contributed by atoms with Crippen LogP contribution in [0.5, 0.6) is 0 Å². The van der Waals surface area contributed by atoms with E-state index in [4.69, 9.17) is 11.6 Å². The van der Waals surface area contributed by atoms with Crippen molar-refractivity contribution in [3.8, 4) is 11.3 Å². The van der Waals surface area contributed by atoms with Crippen LogP contribution in [0.2, 0.25) is 5.02 Å².